The van der Waals surface area contributed by atoms with E-state index in [9.17, 15) is 4.79 Å². The van der Waals surface area contributed by atoms with Crippen LogP contribution in [0.25, 0.3) is 22.0 Å². The van der Waals surface area contributed by atoms with Crippen LogP contribution in [0.5, 0.6) is 5.75 Å². The van der Waals surface area contributed by atoms with E-state index in [1.54, 1.807) is 6.33 Å². The number of fused-ring (bicyclic) bond motifs is 1. The fraction of sp³-hybridized carbons (Fsp3) is 0.156. The number of nitrogens with one attached hydrogen (secondary N) is 1. The standard InChI is InChI=1S/C32H30N4O2/c1-2-18-36(31(37)22-38-28-14-7-4-8-15-28)21-24-10-9-11-25(19-24)26-16-17-30-29(20-26)32(34-23-33-30)35-27-12-5-3-6-13-27/h3-17,19-20,23H,2,18,21-22H2,1H3,(H,33,34,35). The van der Waals surface area contributed by atoms with Crippen LogP contribution in [0.2, 0.25) is 0 Å². The number of ether oxygens (including phenoxy) is 1. The van der Waals surface area contributed by atoms with Gasteiger partial charge in [0.25, 0.3) is 5.91 Å². The van der Waals surface area contributed by atoms with E-state index < -0.39 is 0 Å². The van der Waals surface area contributed by atoms with Gasteiger partial charge in [0.2, 0.25) is 0 Å². The Morgan fingerprint density at radius 3 is 2.39 bits per heavy atom. The number of para-hydroxylation sites is 2. The van der Waals surface area contributed by atoms with Gasteiger partial charge < -0.3 is 15.0 Å². The summed E-state index contributed by atoms with van der Waals surface area (Å²) in [7, 11) is 0. The third kappa shape index (κ3) is 6.16. The number of rotatable bonds is 10. The molecule has 5 rings (SSSR count). The van der Waals surface area contributed by atoms with Crippen molar-refractivity contribution in [2.24, 2.45) is 0 Å². The molecule has 0 fully saturated rings. The number of hydrogen-bond acceptors (Lipinski definition) is 5. The minimum atomic E-state index is -0.0272. The first-order valence-corrected chi connectivity index (χ1v) is 12.8. The summed E-state index contributed by atoms with van der Waals surface area (Å²) >= 11 is 0. The largest absolute Gasteiger partial charge is 0.484 e. The molecule has 0 aliphatic heterocycles. The Bertz CT molecular complexity index is 1510. The molecule has 0 radical (unpaired) electrons. The fourth-order valence-electron chi connectivity index (χ4n) is 4.38. The summed E-state index contributed by atoms with van der Waals surface area (Å²) in [6, 6.07) is 33.9. The minimum absolute atomic E-state index is 0.0194. The minimum Gasteiger partial charge on any atom is -0.484 e. The summed E-state index contributed by atoms with van der Waals surface area (Å²) in [6.07, 6.45) is 2.45. The molecule has 0 saturated carbocycles. The topological polar surface area (TPSA) is 67.4 Å². The molecule has 0 spiro atoms. The number of hydrogen-bond donors (Lipinski definition) is 1. The molecule has 1 aromatic heterocycles. The maximum Gasteiger partial charge on any atom is 0.260 e. The fourth-order valence-corrected chi connectivity index (χ4v) is 4.38. The van der Waals surface area contributed by atoms with E-state index in [0.29, 0.717) is 18.8 Å². The third-order valence-electron chi connectivity index (χ3n) is 6.26. The molecule has 0 aliphatic rings. The summed E-state index contributed by atoms with van der Waals surface area (Å²) in [4.78, 5) is 23.8. The first kappa shape index (κ1) is 25.0. The van der Waals surface area contributed by atoms with Gasteiger partial charge >= 0.3 is 0 Å². The molecule has 0 unspecified atom stereocenters. The van der Waals surface area contributed by atoms with E-state index in [0.717, 1.165) is 45.5 Å². The molecule has 6 nitrogen and oxygen atoms in total. The lowest BCUT2D eigenvalue weighted by Gasteiger charge is -2.23. The van der Waals surface area contributed by atoms with Gasteiger partial charge in [-0.1, -0.05) is 67.6 Å². The molecule has 0 aliphatic carbocycles. The molecule has 0 atom stereocenters. The highest BCUT2D eigenvalue weighted by atomic mass is 16.5. The van der Waals surface area contributed by atoms with Gasteiger partial charge in [0.1, 0.15) is 17.9 Å². The third-order valence-corrected chi connectivity index (χ3v) is 6.26. The Morgan fingerprint density at radius 2 is 1.61 bits per heavy atom. The van der Waals surface area contributed by atoms with Crippen LogP contribution in [-0.2, 0) is 11.3 Å². The first-order valence-electron chi connectivity index (χ1n) is 12.8. The van der Waals surface area contributed by atoms with Crippen LogP contribution in [-0.4, -0.2) is 33.9 Å². The summed E-state index contributed by atoms with van der Waals surface area (Å²) in [5.41, 5.74) is 5.04. The lowest BCUT2D eigenvalue weighted by Crippen LogP contribution is -2.35. The van der Waals surface area contributed by atoms with Crippen LogP contribution < -0.4 is 10.1 Å². The average molecular weight is 503 g/mol. The second-order valence-corrected chi connectivity index (χ2v) is 9.06. The van der Waals surface area contributed by atoms with E-state index >= 15 is 0 Å². The summed E-state index contributed by atoms with van der Waals surface area (Å²) < 4.78 is 5.71. The maximum atomic E-state index is 13.0. The number of nitrogens with zero attached hydrogens (tertiary/aromatic N) is 3. The number of carbonyl (C=O) groups excluding carboxylic acids is 1. The van der Waals surface area contributed by atoms with Crippen LogP contribution in [0.3, 0.4) is 0 Å². The Labute approximate surface area is 222 Å². The van der Waals surface area contributed by atoms with Crippen LogP contribution in [0, 0.1) is 0 Å². The number of amides is 1. The lowest BCUT2D eigenvalue weighted by atomic mass is 10.0. The number of benzene rings is 4. The van der Waals surface area contributed by atoms with Crippen molar-refractivity contribution in [2.75, 3.05) is 18.5 Å². The summed E-state index contributed by atoms with van der Waals surface area (Å²) in [5, 5.41) is 4.35. The molecular formula is C32H30N4O2. The highest BCUT2D eigenvalue weighted by Crippen LogP contribution is 2.29. The highest BCUT2D eigenvalue weighted by molar-refractivity contribution is 5.93. The number of carbonyl (C=O) groups is 1. The number of aromatic nitrogens is 2. The normalized spacial score (nSPS) is 10.8. The summed E-state index contributed by atoms with van der Waals surface area (Å²) in [5.74, 6) is 1.43. The molecule has 190 valence electrons. The van der Waals surface area contributed by atoms with Crippen molar-refractivity contribution in [2.45, 2.75) is 19.9 Å². The van der Waals surface area contributed by atoms with Gasteiger partial charge in [-0.25, -0.2) is 9.97 Å². The maximum absolute atomic E-state index is 13.0. The predicted molar refractivity (Wildman–Crippen MR) is 152 cm³/mol. The van der Waals surface area contributed by atoms with Gasteiger partial charge in [-0.2, -0.15) is 0 Å². The highest BCUT2D eigenvalue weighted by Gasteiger charge is 2.15. The molecule has 0 saturated heterocycles. The zero-order valence-corrected chi connectivity index (χ0v) is 21.4. The van der Waals surface area contributed by atoms with Gasteiger partial charge in [-0.3, -0.25) is 4.79 Å². The molecule has 1 N–H and O–H groups in total. The van der Waals surface area contributed by atoms with E-state index in [-0.39, 0.29) is 12.5 Å². The van der Waals surface area contributed by atoms with Gasteiger partial charge in [0, 0.05) is 24.2 Å². The number of anilines is 2. The molecule has 4 aromatic carbocycles. The quantitative estimate of drug-likeness (QED) is 0.226. The molecule has 1 amide bonds. The van der Waals surface area contributed by atoms with E-state index in [2.05, 4.69) is 52.5 Å². The van der Waals surface area contributed by atoms with Crippen LogP contribution in [0.15, 0.2) is 109 Å². The molecule has 1 heterocycles. The Kier molecular flexibility index (Phi) is 7.89. The Morgan fingerprint density at radius 1 is 0.842 bits per heavy atom. The van der Waals surface area contributed by atoms with Crippen molar-refractivity contribution < 1.29 is 9.53 Å². The van der Waals surface area contributed by atoms with E-state index in [4.69, 9.17) is 4.74 Å². The van der Waals surface area contributed by atoms with Gasteiger partial charge in [0.15, 0.2) is 6.61 Å². The van der Waals surface area contributed by atoms with Crippen LogP contribution in [0.4, 0.5) is 11.5 Å². The van der Waals surface area contributed by atoms with Crippen LogP contribution in [0.1, 0.15) is 18.9 Å². The average Bonchev–Trinajstić information content (AvgIpc) is 2.97. The smallest absolute Gasteiger partial charge is 0.260 e. The molecule has 6 heteroatoms. The van der Waals surface area contributed by atoms with Crippen LogP contribution >= 0.6 is 0 Å². The first-order chi connectivity index (χ1) is 18.7. The zero-order chi connectivity index (χ0) is 26.2. The van der Waals surface area contributed by atoms with Crippen molar-refractivity contribution in [1.82, 2.24) is 14.9 Å². The lowest BCUT2D eigenvalue weighted by molar-refractivity contribution is -0.134. The monoisotopic (exact) mass is 502 g/mol. The molecular weight excluding hydrogens is 472 g/mol. The van der Waals surface area contributed by atoms with E-state index in [1.807, 2.05) is 77.7 Å². The molecule has 38 heavy (non-hydrogen) atoms. The Balaban J connectivity index is 1.35. The molecule has 5 aromatic rings. The van der Waals surface area contributed by atoms with Gasteiger partial charge in [-0.15, -0.1) is 0 Å². The van der Waals surface area contributed by atoms with Crippen molar-refractivity contribution in [3.8, 4) is 16.9 Å². The zero-order valence-electron chi connectivity index (χ0n) is 21.4. The Hall–Kier alpha value is -4.71. The SMILES string of the molecule is CCCN(Cc1cccc(-c2ccc3ncnc(Nc4ccccc4)c3c2)c1)C(=O)COc1ccccc1. The van der Waals surface area contributed by atoms with Crippen molar-refractivity contribution in [3.05, 3.63) is 115 Å². The van der Waals surface area contributed by atoms with Crippen molar-refractivity contribution >= 4 is 28.3 Å². The van der Waals surface area contributed by atoms with Crippen molar-refractivity contribution in [1.29, 1.82) is 0 Å². The van der Waals surface area contributed by atoms with Crippen molar-refractivity contribution in [3.63, 3.8) is 0 Å². The van der Waals surface area contributed by atoms with E-state index in [1.165, 1.54) is 0 Å². The van der Waals surface area contributed by atoms with Gasteiger partial charge in [-0.05, 0) is 65.6 Å². The van der Waals surface area contributed by atoms with Gasteiger partial charge in [0.05, 0.1) is 5.52 Å². The second kappa shape index (κ2) is 12.0. The summed E-state index contributed by atoms with van der Waals surface area (Å²) in [6.45, 7) is 3.29. The predicted octanol–water partition coefficient (Wildman–Crippen LogP) is 6.86. The second-order valence-electron chi connectivity index (χ2n) is 9.06. The molecule has 0 bridgehead atoms.